The zero-order valence-corrected chi connectivity index (χ0v) is 11.8. The second-order valence-corrected chi connectivity index (χ2v) is 5.10. The summed E-state index contributed by atoms with van der Waals surface area (Å²) >= 11 is 0. The Morgan fingerprint density at radius 1 is 1.29 bits per heavy atom. The molecule has 0 spiro atoms. The van der Waals surface area contributed by atoms with Gasteiger partial charge in [0.15, 0.2) is 5.82 Å². The van der Waals surface area contributed by atoms with Crippen LogP contribution in [0.5, 0.6) is 0 Å². The van der Waals surface area contributed by atoms with Crippen molar-refractivity contribution in [1.82, 2.24) is 20.1 Å². The van der Waals surface area contributed by atoms with Crippen LogP contribution < -0.4 is 5.73 Å². The van der Waals surface area contributed by atoms with Gasteiger partial charge in [-0.3, -0.25) is 0 Å². The Morgan fingerprint density at radius 3 is 2.81 bits per heavy atom. The van der Waals surface area contributed by atoms with E-state index in [0.717, 1.165) is 11.3 Å². The normalized spacial score (nSPS) is 12.5. The maximum Gasteiger partial charge on any atom is 0.243 e. The molecule has 0 fully saturated rings. The zero-order chi connectivity index (χ0) is 14.7. The molecule has 0 radical (unpaired) electrons. The van der Waals surface area contributed by atoms with Crippen LogP contribution >= 0.6 is 0 Å². The Hall–Kier alpha value is -2.47. The number of hydrogen-bond acceptors (Lipinski definition) is 5. The molecule has 0 saturated heterocycles. The van der Waals surface area contributed by atoms with E-state index in [2.05, 4.69) is 51.3 Å². The number of benzene rings is 1. The molecule has 0 bridgehead atoms. The van der Waals surface area contributed by atoms with E-state index >= 15 is 0 Å². The average molecular weight is 283 g/mol. The SMILES string of the molecule is Cc1ccc(Cc2noc([C@H](N)Cc3cnc[nH]3)n2)cc1. The molecule has 1 atom stereocenters. The van der Waals surface area contributed by atoms with Crippen molar-refractivity contribution in [2.45, 2.75) is 25.8 Å². The fraction of sp³-hybridized carbons (Fsp3) is 0.267. The minimum absolute atomic E-state index is 0.329. The third kappa shape index (κ3) is 3.35. The number of aromatic amines is 1. The van der Waals surface area contributed by atoms with Crippen molar-refractivity contribution >= 4 is 0 Å². The topological polar surface area (TPSA) is 93.6 Å². The highest BCUT2D eigenvalue weighted by Crippen LogP contribution is 2.14. The van der Waals surface area contributed by atoms with Crippen LogP contribution in [0.3, 0.4) is 0 Å². The summed E-state index contributed by atoms with van der Waals surface area (Å²) in [5.41, 5.74) is 9.39. The lowest BCUT2D eigenvalue weighted by Crippen LogP contribution is -2.14. The van der Waals surface area contributed by atoms with E-state index in [-0.39, 0.29) is 6.04 Å². The number of rotatable bonds is 5. The van der Waals surface area contributed by atoms with Crippen molar-refractivity contribution in [2.24, 2.45) is 5.73 Å². The number of hydrogen-bond donors (Lipinski definition) is 2. The molecule has 0 aliphatic rings. The quantitative estimate of drug-likeness (QED) is 0.746. The predicted molar refractivity (Wildman–Crippen MR) is 77.5 cm³/mol. The number of nitrogens with one attached hydrogen (secondary N) is 1. The third-order valence-corrected chi connectivity index (χ3v) is 3.28. The number of aromatic nitrogens is 4. The van der Waals surface area contributed by atoms with Crippen LogP contribution in [0.15, 0.2) is 41.3 Å². The summed E-state index contributed by atoms with van der Waals surface area (Å²) < 4.78 is 5.25. The molecule has 0 aliphatic carbocycles. The Morgan fingerprint density at radius 2 is 2.10 bits per heavy atom. The Kier molecular flexibility index (Phi) is 3.79. The van der Waals surface area contributed by atoms with E-state index in [1.165, 1.54) is 5.56 Å². The Bertz CT molecular complexity index is 687. The molecule has 2 heterocycles. The fourth-order valence-corrected chi connectivity index (χ4v) is 2.10. The second kappa shape index (κ2) is 5.88. The van der Waals surface area contributed by atoms with Gasteiger partial charge in [0.25, 0.3) is 0 Å². The van der Waals surface area contributed by atoms with Gasteiger partial charge < -0.3 is 15.2 Å². The van der Waals surface area contributed by atoms with Gasteiger partial charge in [0, 0.05) is 24.7 Å². The first-order chi connectivity index (χ1) is 10.2. The first-order valence-electron chi connectivity index (χ1n) is 6.81. The largest absolute Gasteiger partial charge is 0.348 e. The van der Waals surface area contributed by atoms with Crippen LogP contribution in [-0.4, -0.2) is 20.1 Å². The molecule has 3 aromatic rings. The second-order valence-electron chi connectivity index (χ2n) is 5.10. The molecular formula is C15H17N5O. The van der Waals surface area contributed by atoms with Gasteiger partial charge in [-0.15, -0.1) is 0 Å². The maximum absolute atomic E-state index is 6.07. The van der Waals surface area contributed by atoms with Crippen LogP contribution in [0.25, 0.3) is 0 Å². The summed E-state index contributed by atoms with van der Waals surface area (Å²) in [5.74, 6) is 1.10. The van der Waals surface area contributed by atoms with Crippen LogP contribution in [0.4, 0.5) is 0 Å². The summed E-state index contributed by atoms with van der Waals surface area (Å²) in [5, 5.41) is 3.99. The number of nitrogens with zero attached hydrogens (tertiary/aromatic N) is 3. The summed E-state index contributed by atoms with van der Waals surface area (Å²) in [4.78, 5) is 11.3. The standard InChI is InChI=1S/C15H17N5O/c1-10-2-4-11(5-3-10)6-14-19-15(21-20-14)13(16)7-12-8-17-9-18-12/h2-5,8-9,13H,6-7,16H2,1H3,(H,17,18)/t13-/m1/s1. The molecule has 3 rings (SSSR count). The van der Waals surface area contributed by atoms with Crippen LogP contribution in [0.1, 0.15) is 34.6 Å². The van der Waals surface area contributed by atoms with E-state index in [0.29, 0.717) is 24.6 Å². The van der Waals surface area contributed by atoms with Gasteiger partial charge in [0.2, 0.25) is 5.89 Å². The molecule has 1 aromatic carbocycles. The molecule has 108 valence electrons. The first-order valence-corrected chi connectivity index (χ1v) is 6.81. The highest BCUT2D eigenvalue weighted by atomic mass is 16.5. The van der Waals surface area contributed by atoms with Gasteiger partial charge in [-0.1, -0.05) is 35.0 Å². The van der Waals surface area contributed by atoms with E-state index in [4.69, 9.17) is 10.3 Å². The number of H-pyrrole nitrogens is 1. The van der Waals surface area contributed by atoms with Crippen LogP contribution in [0.2, 0.25) is 0 Å². The molecule has 3 N–H and O–H groups in total. The van der Waals surface area contributed by atoms with Gasteiger partial charge in [0.05, 0.1) is 12.4 Å². The lowest BCUT2D eigenvalue weighted by atomic mass is 10.1. The smallest absolute Gasteiger partial charge is 0.243 e. The summed E-state index contributed by atoms with van der Waals surface area (Å²) in [7, 11) is 0. The monoisotopic (exact) mass is 283 g/mol. The van der Waals surface area contributed by atoms with Gasteiger partial charge in [0.1, 0.15) is 0 Å². The van der Waals surface area contributed by atoms with E-state index in [1.54, 1.807) is 12.5 Å². The Labute approximate surface area is 122 Å². The van der Waals surface area contributed by atoms with Crippen LogP contribution in [0, 0.1) is 6.92 Å². The summed E-state index contributed by atoms with van der Waals surface area (Å²) in [6.07, 6.45) is 4.59. The molecule has 6 nitrogen and oxygen atoms in total. The highest BCUT2D eigenvalue weighted by Gasteiger charge is 2.16. The molecule has 0 saturated carbocycles. The molecule has 0 unspecified atom stereocenters. The lowest BCUT2D eigenvalue weighted by Gasteiger charge is -2.03. The van der Waals surface area contributed by atoms with Gasteiger partial charge >= 0.3 is 0 Å². The number of imidazole rings is 1. The van der Waals surface area contributed by atoms with Crippen molar-refractivity contribution < 1.29 is 4.52 Å². The highest BCUT2D eigenvalue weighted by molar-refractivity contribution is 5.23. The van der Waals surface area contributed by atoms with Gasteiger partial charge in [-0.2, -0.15) is 4.98 Å². The zero-order valence-electron chi connectivity index (χ0n) is 11.8. The van der Waals surface area contributed by atoms with Crippen LogP contribution in [-0.2, 0) is 12.8 Å². The average Bonchev–Trinajstić information content (AvgIpc) is 3.13. The van der Waals surface area contributed by atoms with Crippen molar-refractivity contribution in [2.75, 3.05) is 0 Å². The first kappa shape index (κ1) is 13.5. The molecular weight excluding hydrogens is 266 g/mol. The van der Waals surface area contributed by atoms with Crippen molar-refractivity contribution in [1.29, 1.82) is 0 Å². The minimum Gasteiger partial charge on any atom is -0.348 e. The lowest BCUT2D eigenvalue weighted by molar-refractivity contribution is 0.350. The number of aryl methyl sites for hydroxylation is 1. The van der Waals surface area contributed by atoms with E-state index in [1.807, 2.05) is 0 Å². The molecule has 21 heavy (non-hydrogen) atoms. The molecule has 0 aliphatic heterocycles. The number of nitrogens with two attached hydrogens (primary N) is 1. The van der Waals surface area contributed by atoms with Gasteiger partial charge in [-0.05, 0) is 12.5 Å². The van der Waals surface area contributed by atoms with E-state index < -0.39 is 0 Å². The van der Waals surface area contributed by atoms with Crippen molar-refractivity contribution in [3.8, 4) is 0 Å². The predicted octanol–water partition coefficient (Wildman–Crippen LogP) is 1.93. The Balaban J connectivity index is 1.66. The molecule has 2 aromatic heterocycles. The molecule has 6 heteroatoms. The van der Waals surface area contributed by atoms with E-state index in [9.17, 15) is 0 Å². The molecule has 0 amide bonds. The third-order valence-electron chi connectivity index (χ3n) is 3.28. The van der Waals surface area contributed by atoms with Crippen molar-refractivity contribution in [3.05, 3.63) is 65.3 Å². The van der Waals surface area contributed by atoms with Crippen molar-refractivity contribution in [3.63, 3.8) is 0 Å². The summed E-state index contributed by atoms with van der Waals surface area (Å²) in [6.45, 7) is 2.06. The maximum atomic E-state index is 6.07. The van der Waals surface area contributed by atoms with Gasteiger partial charge in [-0.25, -0.2) is 4.98 Å². The summed E-state index contributed by atoms with van der Waals surface area (Å²) in [6, 6.07) is 7.94. The minimum atomic E-state index is -0.329. The fourth-order valence-electron chi connectivity index (χ4n) is 2.10.